The van der Waals surface area contributed by atoms with E-state index in [1.807, 2.05) is 30.3 Å². The van der Waals surface area contributed by atoms with Gasteiger partial charge in [0.1, 0.15) is 6.17 Å². The molecule has 5 nitrogen and oxygen atoms in total. The first-order chi connectivity index (χ1) is 10.2. The van der Waals surface area contributed by atoms with Crippen LogP contribution in [-0.2, 0) is 0 Å². The Bertz CT molecular complexity index is 748. The van der Waals surface area contributed by atoms with Crippen molar-refractivity contribution in [1.82, 2.24) is 5.32 Å². The van der Waals surface area contributed by atoms with E-state index in [1.54, 1.807) is 6.07 Å². The minimum absolute atomic E-state index is 0.0982. The number of carbonyl (C=O) groups is 1. The molecule has 2 aliphatic heterocycles. The van der Waals surface area contributed by atoms with Crippen molar-refractivity contribution in [3.8, 4) is 11.5 Å². The number of carbonyl (C=O) groups excluding carboxylic acids is 1. The molecule has 0 aliphatic carbocycles. The van der Waals surface area contributed by atoms with Crippen LogP contribution in [0.2, 0.25) is 0 Å². The number of halogens is 1. The molecular weight excluding hydrogens is 336 g/mol. The summed E-state index contributed by atoms with van der Waals surface area (Å²) < 4.78 is 11.6. The molecule has 2 N–H and O–H groups in total. The smallest absolute Gasteiger partial charge is 0.255 e. The summed E-state index contributed by atoms with van der Waals surface area (Å²) in [6.07, 6.45) is -0.323. The van der Waals surface area contributed by atoms with Crippen LogP contribution in [0, 0.1) is 0 Å². The van der Waals surface area contributed by atoms with Crippen molar-refractivity contribution in [3.05, 3.63) is 52.0 Å². The number of amides is 1. The molecule has 2 aromatic carbocycles. The summed E-state index contributed by atoms with van der Waals surface area (Å²) in [4.78, 5) is 12.2. The number of benzene rings is 2. The maximum absolute atomic E-state index is 12.2. The van der Waals surface area contributed by atoms with E-state index < -0.39 is 0 Å². The van der Waals surface area contributed by atoms with Crippen molar-refractivity contribution in [2.45, 2.75) is 6.17 Å². The molecule has 2 aromatic rings. The van der Waals surface area contributed by atoms with Crippen molar-refractivity contribution in [3.63, 3.8) is 0 Å². The SMILES string of the molecule is O=C1N[C@H](c2cc3c(cc2Br)OCO3)Nc2ccccc21. The number of nitrogens with one attached hydrogen (secondary N) is 2. The van der Waals surface area contributed by atoms with Crippen molar-refractivity contribution in [2.75, 3.05) is 12.1 Å². The topological polar surface area (TPSA) is 59.6 Å². The largest absolute Gasteiger partial charge is 0.454 e. The van der Waals surface area contributed by atoms with Gasteiger partial charge in [-0.2, -0.15) is 0 Å². The highest BCUT2D eigenvalue weighted by atomic mass is 79.9. The van der Waals surface area contributed by atoms with Gasteiger partial charge in [-0.05, 0) is 24.3 Å². The Kier molecular flexibility index (Phi) is 2.78. The third-order valence-corrected chi connectivity index (χ3v) is 4.24. The first-order valence-electron chi connectivity index (χ1n) is 6.48. The fraction of sp³-hybridized carbons (Fsp3) is 0.133. The standard InChI is InChI=1S/C15H11BrN2O3/c16-10-6-13-12(20-7-21-13)5-9(10)14-17-11-4-2-1-3-8(11)15(19)18-14/h1-6,14,17H,7H2,(H,18,19)/t14-/m1/s1. The van der Waals surface area contributed by atoms with E-state index in [4.69, 9.17) is 9.47 Å². The van der Waals surface area contributed by atoms with Crippen molar-refractivity contribution >= 4 is 27.5 Å². The summed E-state index contributed by atoms with van der Waals surface area (Å²) in [6, 6.07) is 11.2. The second-order valence-electron chi connectivity index (χ2n) is 4.82. The number of fused-ring (bicyclic) bond motifs is 2. The molecular formula is C15H11BrN2O3. The van der Waals surface area contributed by atoms with E-state index in [-0.39, 0.29) is 18.9 Å². The number of anilines is 1. The van der Waals surface area contributed by atoms with E-state index in [2.05, 4.69) is 26.6 Å². The van der Waals surface area contributed by atoms with Crippen molar-refractivity contribution in [1.29, 1.82) is 0 Å². The lowest BCUT2D eigenvalue weighted by atomic mass is 10.1. The molecule has 2 heterocycles. The van der Waals surface area contributed by atoms with Gasteiger partial charge in [0, 0.05) is 15.7 Å². The van der Waals surface area contributed by atoms with Crippen LogP contribution in [0.4, 0.5) is 5.69 Å². The number of hydrogen-bond acceptors (Lipinski definition) is 4. The molecule has 0 unspecified atom stereocenters. The van der Waals surface area contributed by atoms with Crippen LogP contribution in [0.1, 0.15) is 22.1 Å². The van der Waals surface area contributed by atoms with Crippen LogP contribution in [0.3, 0.4) is 0 Å². The second-order valence-corrected chi connectivity index (χ2v) is 5.68. The second kappa shape index (κ2) is 4.66. The van der Waals surface area contributed by atoms with E-state index in [0.717, 1.165) is 15.7 Å². The first-order valence-corrected chi connectivity index (χ1v) is 7.27. The molecule has 0 aromatic heterocycles. The lowest BCUT2D eigenvalue weighted by Crippen LogP contribution is -2.38. The van der Waals surface area contributed by atoms with Gasteiger partial charge < -0.3 is 20.1 Å². The number of ether oxygens (including phenoxy) is 2. The third-order valence-electron chi connectivity index (χ3n) is 3.55. The predicted molar refractivity (Wildman–Crippen MR) is 80.5 cm³/mol. The summed E-state index contributed by atoms with van der Waals surface area (Å²) >= 11 is 3.52. The molecule has 0 radical (unpaired) electrons. The Morgan fingerprint density at radius 3 is 2.71 bits per heavy atom. The first kappa shape index (κ1) is 12.5. The summed E-state index contributed by atoms with van der Waals surface area (Å²) in [5.74, 6) is 1.29. The highest BCUT2D eigenvalue weighted by Gasteiger charge is 2.27. The van der Waals surface area contributed by atoms with Crippen molar-refractivity contribution in [2.24, 2.45) is 0 Å². The molecule has 1 atom stereocenters. The maximum atomic E-state index is 12.2. The summed E-state index contributed by atoms with van der Waals surface area (Å²) in [6.45, 7) is 0.221. The van der Waals surface area contributed by atoms with Crippen molar-refractivity contribution < 1.29 is 14.3 Å². The van der Waals surface area contributed by atoms with Crippen LogP contribution < -0.4 is 20.1 Å². The number of hydrogen-bond donors (Lipinski definition) is 2. The molecule has 6 heteroatoms. The predicted octanol–water partition coefficient (Wildman–Crippen LogP) is 3.03. The minimum Gasteiger partial charge on any atom is -0.454 e. The van der Waals surface area contributed by atoms with Gasteiger partial charge in [-0.15, -0.1) is 0 Å². The third kappa shape index (κ3) is 2.03. The fourth-order valence-corrected chi connectivity index (χ4v) is 3.07. The van der Waals surface area contributed by atoms with Crippen LogP contribution in [0.25, 0.3) is 0 Å². The Labute approximate surface area is 129 Å². The summed E-state index contributed by atoms with van der Waals surface area (Å²) in [5.41, 5.74) is 2.35. The van der Waals surface area contributed by atoms with Gasteiger partial charge in [0.15, 0.2) is 11.5 Å². The highest BCUT2D eigenvalue weighted by molar-refractivity contribution is 9.10. The summed E-state index contributed by atoms with van der Waals surface area (Å²) in [7, 11) is 0. The molecule has 2 aliphatic rings. The number of rotatable bonds is 1. The molecule has 0 spiro atoms. The lowest BCUT2D eigenvalue weighted by Gasteiger charge is -2.28. The lowest BCUT2D eigenvalue weighted by molar-refractivity contribution is 0.0935. The normalized spacial score (nSPS) is 18.7. The van der Waals surface area contributed by atoms with Gasteiger partial charge in [-0.3, -0.25) is 4.79 Å². The zero-order valence-corrected chi connectivity index (χ0v) is 12.4. The summed E-state index contributed by atoms with van der Waals surface area (Å²) in [5, 5.41) is 6.26. The minimum atomic E-state index is -0.323. The van der Waals surface area contributed by atoms with Gasteiger partial charge in [-0.1, -0.05) is 28.1 Å². The zero-order chi connectivity index (χ0) is 14.4. The average molecular weight is 347 g/mol. The van der Waals surface area contributed by atoms with Gasteiger partial charge in [-0.25, -0.2) is 0 Å². The fourth-order valence-electron chi connectivity index (χ4n) is 2.52. The Morgan fingerprint density at radius 1 is 1.10 bits per heavy atom. The van der Waals surface area contributed by atoms with Crippen LogP contribution in [0.15, 0.2) is 40.9 Å². The van der Waals surface area contributed by atoms with Crippen LogP contribution >= 0.6 is 15.9 Å². The molecule has 21 heavy (non-hydrogen) atoms. The highest BCUT2D eigenvalue weighted by Crippen LogP contribution is 2.40. The Balaban J connectivity index is 1.74. The Hall–Kier alpha value is -2.21. The molecule has 106 valence electrons. The Morgan fingerprint density at radius 2 is 1.86 bits per heavy atom. The van der Waals surface area contributed by atoms with E-state index in [0.29, 0.717) is 17.1 Å². The molecule has 0 bridgehead atoms. The van der Waals surface area contributed by atoms with E-state index in [1.165, 1.54) is 0 Å². The average Bonchev–Trinajstić information content (AvgIpc) is 2.93. The van der Waals surface area contributed by atoms with Gasteiger partial charge in [0.25, 0.3) is 5.91 Å². The molecule has 0 saturated carbocycles. The van der Waals surface area contributed by atoms with Gasteiger partial charge >= 0.3 is 0 Å². The maximum Gasteiger partial charge on any atom is 0.255 e. The van der Waals surface area contributed by atoms with Gasteiger partial charge in [0.05, 0.1) is 5.56 Å². The van der Waals surface area contributed by atoms with E-state index >= 15 is 0 Å². The number of para-hydroxylation sites is 1. The quantitative estimate of drug-likeness (QED) is 0.833. The van der Waals surface area contributed by atoms with Crippen LogP contribution in [-0.4, -0.2) is 12.7 Å². The van der Waals surface area contributed by atoms with E-state index in [9.17, 15) is 4.79 Å². The van der Waals surface area contributed by atoms with Gasteiger partial charge in [0.2, 0.25) is 6.79 Å². The molecule has 0 saturated heterocycles. The zero-order valence-electron chi connectivity index (χ0n) is 10.9. The molecule has 4 rings (SSSR count). The monoisotopic (exact) mass is 346 g/mol. The molecule has 0 fully saturated rings. The molecule has 1 amide bonds. The van der Waals surface area contributed by atoms with Crippen LogP contribution in [0.5, 0.6) is 11.5 Å².